The molecular formula is C12H13ClN2O3. The Hall–Kier alpha value is -1.62. The predicted molar refractivity (Wildman–Crippen MR) is 65.6 cm³/mol. The summed E-state index contributed by atoms with van der Waals surface area (Å²) in [6, 6.07) is 0.761. The summed E-state index contributed by atoms with van der Waals surface area (Å²) in [6.45, 7) is 0.445. The van der Waals surface area contributed by atoms with Crippen LogP contribution in [0.3, 0.4) is 0 Å². The zero-order valence-corrected chi connectivity index (χ0v) is 10.4. The molecular weight excluding hydrogens is 256 g/mol. The maximum Gasteiger partial charge on any atom is 0.326 e. The van der Waals surface area contributed by atoms with Crippen LogP contribution in [0.5, 0.6) is 0 Å². The molecule has 1 atom stereocenters. The third-order valence-electron chi connectivity index (χ3n) is 3.05. The molecule has 0 bridgehead atoms. The number of nitrogens with zero attached hydrogens (tertiary/aromatic N) is 2. The van der Waals surface area contributed by atoms with Gasteiger partial charge < -0.3 is 10.0 Å². The van der Waals surface area contributed by atoms with E-state index < -0.39 is 12.0 Å². The van der Waals surface area contributed by atoms with Crippen molar-refractivity contribution in [3.05, 3.63) is 29.0 Å². The molecule has 6 heteroatoms. The standard InChI is InChI=1S/C12H13ClN2O3/c13-9-4-5-14-7-8(9)11(16)15-6-2-1-3-10(15)12(17)18/h4-5,7,10H,1-3,6H2,(H,17,18). The molecule has 0 aromatic carbocycles. The molecule has 5 nitrogen and oxygen atoms in total. The van der Waals surface area contributed by atoms with E-state index in [-0.39, 0.29) is 11.5 Å². The molecule has 0 saturated carbocycles. The Balaban J connectivity index is 2.27. The number of likely N-dealkylation sites (tertiary alicyclic amines) is 1. The molecule has 0 aliphatic carbocycles. The summed E-state index contributed by atoms with van der Waals surface area (Å²) in [5.74, 6) is -1.33. The molecule has 1 amide bonds. The van der Waals surface area contributed by atoms with Crippen LogP contribution in [0.15, 0.2) is 18.5 Å². The zero-order valence-electron chi connectivity index (χ0n) is 9.67. The number of piperidine rings is 1. The monoisotopic (exact) mass is 268 g/mol. The summed E-state index contributed by atoms with van der Waals surface area (Å²) in [7, 11) is 0. The van der Waals surface area contributed by atoms with E-state index in [0.29, 0.717) is 18.0 Å². The number of rotatable bonds is 2. The second kappa shape index (κ2) is 5.35. The highest BCUT2D eigenvalue weighted by Gasteiger charge is 2.33. The highest BCUT2D eigenvalue weighted by Crippen LogP contribution is 2.22. The Bertz CT molecular complexity index is 478. The SMILES string of the molecule is O=C(O)C1CCCCN1C(=O)c1cnccc1Cl. The minimum absolute atomic E-state index is 0.257. The molecule has 2 rings (SSSR count). The fourth-order valence-corrected chi connectivity index (χ4v) is 2.31. The van der Waals surface area contributed by atoms with E-state index in [1.54, 1.807) is 0 Å². The summed E-state index contributed by atoms with van der Waals surface area (Å²) in [5.41, 5.74) is 0.257. The normalized spacial score (nSPS) is 19.6. The van der Waals surface area contributed by atoms with Gasteiger partial charge >= 0.3 is 5.97 Å². The third kappa shape index (κ3) is 2.46. The molecule has 1 unspecified atom stereocenters. The van der Waals surface area contributed by atoms with Gasteiger partial charge in [-0.15, -0.1) is 0 Å². The maximum atomic E-state index is 12.3. The van der Waals surface area contributed by atoms with E-state index in [1.165, 1.54) is 23.4 Å². The van der Waals surface area contributed by atoms with Gasteiger partial charge in [-0.1, -0.05) is 11.6 Å². The summed E-state index contributed by atoms with van der Waals surface area (Å²) >= 11 is 5.93. The Kier molecular flexibility index (Phi) is 3.81. The third-order valence-corrected chi connectivity index (χ3v) is 3.38. The second-order valence-electron chi connectivity index (χ2n) is 4.20. The molecule has 18 heavy (non-hydrogen) atoms. The van der Waals surface area contributed by atoms with Gasteiger partial charge in [0.2, 0.25) is 0 Å². The first-order chi connectivity index (χ1) is 8.61. The Morgan fingerprint density at radius 3 is 2.89 bits per heavy atom. The van der Waals surface area contributed by atoms with Crippen LogP contribution < -0.4 is 0 Å². The Morgan fingerprint density at radius 1 is 1.44 bits per heavy atom. The van der Waals surface area contributed by atoms with Crippen LogP contribution in [0.2, 0.25) is 5.02 Å². The van der Waals surface area contributed by atoms with Gasteiger partial charge in [-0.2, -0.15) is 0 Å². The van der Waals surface area contributed by atoms with Crippen LogP contribution in [-0.4, -0.2) is 39.5 Å². The molecule has 1 fully saturated rings. The van der Waals surface area contributed by atoms with E-state index in [4.69, 9.17) is 16.7 Å². The first kappa shape index (κ1) is 12.8. The fourth-order valence-electron chi connectivity index (χ4n) is 2.12. The van der Waals surface area contributed by atoms with E-state index in [2.05, 4.69) is 4.98 Å². The molecule has 1 aliphatic rings. The zero-order chi connectivity index (χ0) is 13.1. The molecule has 96 valence electrons. The minimum Gasteiger partial charge on any atom is -0.480 e. The number of hydrogen-bond acceptors (Lipinski definition) is 3. The number of aliphatic carboxylic acids is 1. The van der Waals surface area contributed by atoms with E-state index in [1.807, 2.05) is 0 Å². The number of aromatic nitrogens is 1. The van der Waals surface area contributed by atoms with Gasteiger partial charge in [0.15, 0.2) is 0 Å². The smallest absolute Gasteiger partial charge is 0.326 e. The predicted octanol–water partition coefficient (Wildman–Crippen LogP) is 1.81. The second-order valence-corrected chi connectivity index (χ2v) is 4.61. The van der Waals surface area contributed by atoms with Crippen molar-refractivity contribution in [1.29, 1.82) is 0 Å². The van der Waals surface area contributed by atoms with Crippen LogP contribution in [-0.2, 0) is 4.79 Å². The van der Waals surface area contributed by atoms with Crippen molar-refractivity contribution in [3.8, 4) is 0 Å². The van der Waals surface area contributed by atoms with Gasteiger partial charge in [0.05, 0.1) is 10.6 Å². The maximum absolute atomic E-state index is 12.3. The number of carbonyl (C=O) groups excluding carboxylic acids is 1. The largest absolute Gasteiger partial charge is 0.480 e. The first-order valence-corrected chi connectivity index (χ1v) is 6.12. The minimum atomic E-state index is -0.969. The number of pyridine rings is 1. The number of carbonyl (C=O) groups is 2. The molecule has 1 aliphatic heterocycles. The van der Waals surface area contributed by atoms with Crippen molar-refractivity contribution in [1.82, 2.24) is 9.88 Å². The van der Waals surface area contributed by atoms with Crippen LogP contribution in [0.1, 0.15) is 29.6 Å². The highest BCUT2D eigenvalue weighted by atomic mass is 35.5. The van der Waals surface area contributed by atoms with Gasteiger partial charge in [0.25, 0.3) is 5.91 Å². The molecule has 1 aromatic heterocycles. The lowest BCUT2D eigenvalue weighted by Crippen LogP contribution is -2.48. The van der Waals surface area contributed by atoms with Gasteiger partial charge in [0, 0.05) is 18.9 Å². The summed E-state index contributed by atoms with van der Waals surface area (Å²) in [5, 5.41) is 9.43. The molecule has 1 saturated heterocycles. The van der Waals surface area contributed by atoms with Crippen molar-refractivity contribution in [2.45, 2.75) is 25.3 Å². The first-order valence-electron chi connectivity index (χ1n) is 5.74. The lowest BCUT2D eigenvalue weighted by Gasteiger charge is -2.33. The topological polar surface area (TPSA) is 70.5 Å². The van der Waals surface area contributed by atoms with Crippen molar-refractivity contribution in [2.24, 2.45) is 0 Å². The van der Waals surface area contributed by atoms with Crippen molar-refractivity contribution < 1.29 is 14.7 Å². The average Bonchev–Trinajstić information content (AvgIpc) is 2.38. The number of carboxylic acid groups (broad SMARTS) is 1. The molecule has 2 heterocycles. The number of hydrogen-bond donors (Lipinski definition) is 1. The molecule has 1 N–H and O–H groups in total. The lowest BCUT2D eigenvalue weighted by molar-refractivity contribution is -0.143. The van der Waals surface area contributed by atoms with E-state index in [9.17, 15) is 9.59 Å². The number of amides is 1. The molecule has 1 aromatic rings. The van der Waals surface area contributed by atoms with E-state index in [0.717, 1.165) is 12.8 Å². The van der Waals surface area contributed by atoms with Crippen molar-refractivity contribution in [3.63, 3.8) is 0 Å². The number of halogens is 1. The quantitative estimate of drug-likeness (QED) is 0.888. The lowest BCUT2D eigenvalue weighted by atomic mass is 10.0. The fraction of sp³-hybridized carbons (Fsp3) is 0.417. The highest BCUT2D eigenvalue weighted by molar-refractivity contribution is 6.33. The Labute approximate surface area is 109 Å². The van der Waals surface area contributed by atoms with E-state index >= 15 is 0 Å². The van der Waals surface area contributed by atoms with Gasteiger partial charge in [-0.05, 0) is 25.3 Å². The van der Waals surface area contributed by atoms with Gasteiger partial charge in [0.1, 0.15) is 6.04 Å². The van der Waals surface area contributed by atoms with Crippen molar-refractivity contribution in [2.75, 3.05) is 6.54 Å². The van der Waals surface area contributed by atoms with Gasteiger partial charge in [-0.3, -0.25) is 9.78 Å². The van der Waals surface area contributed by atoms with Crippen LogP contribution >= 0.6 is 11.6 Å². The van der Waals surface area contributed by atoms with Gasteiger partial charge in [-0.25, -0.2) is 4.79 Å². The van der Waals surface area contributed by atoms with Crippen LogP contribution in [0.25, 0.3) is 0 Å². The average molecular weight is 269 g/mol. The van der Waals surface area contributed by atoms with Crippen LogP contribution in [0.4, 0.5) is 0 Å². The summed E-state index contributed by atoms with van der Waals surface area (Å²) in [4.78, 5) is 28.6. The van der Waals surface area contributed by atoms with Crippen molar-refractivity contribution >= 4 is 23.5 Å². The molecule has 0 radical (unpaired) electrons. The number of carboxylic acids is 1. The summed E-state index contributed by atoms with van der Waals surface area (Å²) in [6.07, 6.45) is 4.98. The Morgan fingerprint density at radius 2 is 2.22 bits per heavy atom. The summed E-state index contributed by atoms with van der Waals surface area (Å²) < 4.78 is 0. The van der Waals surface area contributed by atoms with Crippen LogP contribution in [0, 0.1) is 0 Å². The molecule has 0 spiro atoms.